The van der Waals surface area contributed by atoms with Crippen LogP contribution >= 0.6 is 0 Å². The Kier molecular flexibility index (Phi) is 9.28. The van der Waals surface area contributed by atoms with Crippen LogP contribution in [0, 0.1) is 0 Å². The largest absolute Gasteiger partial charge is 0.445 e. The number of nitrogens with zero attached hydrogens (tertiary/aromatic N) is 2. The summed E-state index contributed by atoms with van der Waals surface area (Å²) in [5.41, 5.74) is -0.532. The molecule has 1 aromatic rings. The molecule has 34 heavy (non-hydrogen) atoms. The number of aliphatic imine (C=N–C) groups is 1. The third-order valence-electron chi connectivity index (χ3n) is 4.53. The van der Waals surface area contributed by atoms with E-state index in [4.69, 9.17) is 14.2 Å². The molecule has 0 aromatic heterocycles. The van der Waals surface area contributed by atoms with Crippen molar-refractivity contribution in [3.8, 4) is 0 Å². The van der Waals surface area contributed by atoms with E-state index in [0.29, 0.717) is 25.9 Å². The quantitative estimate of drug-likeness (QED) is 0.381. The molecule has 1 fully saturated rings. The van der Waals surface area contributed by atoms with E-state index in [9.17, 15) is 14.4 Å². The van der Waals surface area contributed by atoms with Gasteiger partial charge in [-0.1, -0.05) is 30.3 Å². The number of guanidine groups is 1. The van der Waals surface area contributed by atoms with E-state index in [1.807, 2.05) is 30.3 Å². The van der Waals surface area contributed by atoms with Gasteiger partial charge in [0.25, 0.3) is 0 Å². The second-order valence-corrected chi connectivity index (χ2v) is 10.0. The van der Waals surface area contributed by atoms with Crippen LogP contribution < -0.4 is 10.6 Å². The molecule has 0 atom stereocenters. The molecule has 0 radical (unpaired) electrons. The lowest BCUT2D eigenvalue weighted by molar-refractivity contribution is 0.0553. The number of likely N-dealkylation sites (tertiary alicyclic amines) is 1. The fourth-order valence-electron chi connectivity index (χ4n) is 3.11. The first-order valence-electron chi connectivity index (χ1n) is 11.3. The van der Waals surface area contributed by atoms with Gasteiger partial charge in [0.05, 0.1) is 0 Å². The van der Waals surface area contributed by atoms with Crippen molar-refractivity contribution >= 4 is 24.2 Å². The monoisotopic (exact) mass is 476 g/mol. The molecule has 2 rings (SSSR count). The van der Waals surface area contributed by atoms with Gasteiger partial charge in [0.1, 0.15) is 17.8 Å². The number of benzene rings is 1. The maximum atomic E-state index is 12.3. The topological polar surface area (TPSA) is 119 Å². The fourth-order valence-corrected chi connectivity index (χ4v) is 3.11. The Labute approximate surface area is 201 Å². The van der Waals surface area contributed by atoms with E-state index in [0.717, 1.165) is 5.56 Å². The molecular formula is C24H36N4O6. The van der Waals surface area contributed by atoms with Gasteiger partial charge < -0.3 is 24.4 Å². The van der Waals surface area contributed by atoms with Gasteiger partial charge in [-0.2, -0.15) is 0 Å². The van der Waals surface area contributed by atoms with Gasteiger partial charge in [-0.15, -0.1) is 4.99 Å². The van der Waals surface area contributed by atoms with Crippen LogP contribution in [0.25, 0.3) is 0 Å². The molecule has 10 heteroatoms. The lowest BCUT2D eigenvalue weighted by Crippen LogP contribution is -2.52. The fraction of sp³-hybridized carbons (Fsp3) is 0.583. The maximum Gasteiger partial charge on any atom is 0.437 e. The van der Waals surface area contributed by atoms with E-state index in [2.05, 4.69) is 15.6 Å². The molecule has 0 unspecified atom stereocenters. The highest BCUT2D eigenvalue weighted by atomic mass is 16.6. The highest BCUT2D eigenvalue weighted by Gasteiger charge is 2.27. The first kappa shape index (κ1) is 26.9. The maximum absolute atomic E-state index is 12.3. The predicted octanol–water partition coefficient (Wildman–Crippen LogP) is 4.19. The number of carbonyl (C=O) groups is 3. The third-order valence-corrected chi connectivity index (χ3v) is 4.53. The van der Waals surface area contributed by atoms with E-state index < -0.39 is 29.5 Å². The second kappa shape index (κ2) is 11.7. The summed E-state index contributed by atoms with van der Waals surface area (Å²) in [6.45, 7) is 11.5. The Morgan fingerprint density at radius 1 is 0.941 bits per heavy atom. The van der Waals surface area contributed by atoms with Crippen LogP contribution in [0.15, 0.2) is 35.3 Å². The molecule has 1 aliphatic rings. The minimum absolute atomic E-state index is 0.0496. The number of piperidine rings is 1. The predicted molar refractivity (Wildman–Crippen MR) is 127 cm³/mol. The van der Waals surface area contributed by atoms with Crippen LogP contribution in [0.1, 0.15) is 59.9 Å². The van der Waals surface area contributed by atoms with Crippen molar-refractivity contribution in [2.75, 3.05) is 13.1 Å². The number of rotatable bonds is 3. The number of carbonyl (C=O) groups excluding carboxylic acids is 3. The molecule has 1 saturated heterocycles. The highest BCUT2D eigenvalue weighted by molar-refractivity contribution is 5.99. The third kappa shape index (κ3) is 10.5. The Morgan fingerprint density at radius 3 is 2.09 bits per heavy atom. The van der Waals surface area contributed by atoms with Crippen LogP contribution in [0.3, 0.4) is 0 Å². The zero-order valence-corrected chi connectivity index (χ0v) is 20.8. The van der Waals surface area contributed by atoms with Gasteiger partial charge >= 0.3 is 18.3 Å². The summed E-state index contributed by atoms with van der Waals surface area (Å²) in [4.78, 5) is 42.5. The van der Waals surface area contributed by atoms with Gasteiger partial charge in [-0.05, 0) is 59.9 Å². The van der Waals surface area contributed by atoms with E-state index in [1.54, 1.807) is 46.4 Å². The SMILES string of the molecule is CC(C)(C)OC(=O)/N=C(/NC(=O)OC(C)(C)C)N1CCC(NC(=O)OCc2ccccc2)CC1. The molecule has 3 amide bonds. The second-order valence-electron chi connectivity index (χ2n) is 10.0. The van der Waals surface area contributed by atoms with Gasteiger partial charge in [-0.25, -0.2) is 14.4 Å². The van der Waals surface area contributed by atoms with Crippen LogP contribution in [0.4, 0.5) is 14.4 Å². The molecule has 1 heterocycles. The van der Waals surface area contributed by atoms with Crippen molar-refractivity contribution in [2.24, 2.45) is 4.99 Å². The van der Waals surface area contributed by atoms with E-state index >= 15 is 0 Å². The molecular weight excluding hydrogens is 440 g/mol. The standard InChI is InChI=1S/C24H36N4O6/c1-23(2,3)33-21(30)26-19(27-22(31)34-24(4,5)6)28-14-12-18(13-15-28)25-20(29)32-16-17-10-8-7-9-11-17/h7-11,18H,12-16H2,1-6H3,(H,25,29)(H,26,27,30,31). The molecule has 1 aliphatic heterocycles. The smallest absolute Gasteiger partial charge is 0.437 e. The molecule has 2 N–H and O–H groups in total. The Morgan fingerprint density at radius 2 is 1.53 bits per heavy atom. The van der Waals surface area contributed by atoms with Crippen LogP contribution in [-0.2, 0) is 20.8 Å². The van der Waals surface area contributed by atoms with Crippen LogP contribution in [0.2, 0.25) is 0 Å². The summed E-state index contributed by atoms with van der Waals surface area (Å²) in [5, 5.41) is 5.42. The minimum atomic E-state index is -0.816. The molecule has 188 valence electrons. The Hall–Kier alpha value is -3.30. The molecule has 1 aromatic carbocycles. The molecule has 0 saturated carbocycles. The summed E-state index contributed by atoms with van der Waals surface area (Å²) < 4.78 is 15.8. The summed E-state index contributed by atoms with van der Waals surface area (Å²) in [6.07, 6.45) is -0.882. The number of alkyl carbamates (subject to hydrolysis) is 2. The first-order valence-corrected chi connectivity index (χ1v) is 11.3. The highest BCUT2D eigenvalue weighted by Crippen LogP contribution is 2.14. The number of nitrogens with one attached hydrogen (secondary N) is 2. The zero-order valence-electron chi connectivity index (χ0n) is 20.8. The lowest BCUT2D eigenvalue weighted by atomic mass is 10.1. The average Bonchev–Trinajstić information content (AvgIpc) is 2.70. The average molecular weight is 477 g/mol. The number of amides is 3. The summed E-state index contributed by atoms with van der Waals surface area (Å²) in [7, 11) is 0. The Bertz CT molecular complexity index is 866. The van der Waals surface area contributed by atoms with Gasteiger partial charge in [0.15, 0.2) is 0 Å². The number of hydrogen-bond donors (Lipinski definition) is 2. The molecule has 0 aliphatic carbocycles. The number of ether oxygens (including phenoxy) is 3. The molecule has 10 nitrogen and oxygen atoms in total. The molecule has 0 bridgehead atoms. The zero-order chi connectivity index (χ0) is 25.4. The summed E-state index contributed by atoms with van der Waals surface area (Å²) in [5.74, 6) is 0.0496. The first-order chi connectivity index (χ1) is 15.8. The van der Waals surface area contributed by atoms with Crippen LogP contribution in [-0.4, -0.2) is 59.5 Å². The minimum Gasteiger partial charge on any atom is -0.445 e. The van der Waals surface area contributed by atoms with Crippen molar-refractivity contribution in [1.82, 2.24) is 15.5 Å². The Balaban J connectivity index is 1.94. The van der Waals surface area contributed by atoms with Gasteiger partial charge in [-0.3, -0.25) is 5.32 Å². The van der Waals surface area contributed by atoms with Gasteiger partial charge in [0, 0.05) is 19.1 Å². The van der Waals surface area contributed by atoms with Gasteiger partial charge in [0.2, 0.25) is 5.96 Å². The van der Waals surface area contributed by atoms with Crippen LogP contribution in [0.5, 0.6) is 0 Å². The van der Waals surface area contributed by atoms with Crippen molar-refractivity contribution < 1.29 is 28.6 Å². The normalized spacial score (nSPS) is 15.4. The number of hydrogen-bond acceptors (Lipinski definition) is 6. The lowest BCUT2D eigenvalue weighted by Gasteiger charge is -2.34. The van der Waals surface area contributed by atoms with E-state index in [1.165, 1.54) is 0 Å². The van der Waals surface area contributed by atoms with Crippen molar-refractivity contribution in [1.29, 1.82) is 0 Å². The van der Waals surface area contributed by atoms with Crippen molar-refractivity contribution in [2.45, 2.75) is 78.2 Å². The summed E-state index contributed by atoms with van der Waals surface area (Å²) >= 11 is 0. The molecule has 0 spiro atoms. The summed E-state index contributed by atoms with van der Waals surface area (Å²) in [6, 6.07) is 9.32. The van der Waals surface area contributed by atoms with Crippen molar-refractivity contribution in [3.05, 3.63) is 35.9 Å². The van der Waals surface area contributed by atoms with Crippen molar-refractivity contribution in [3.63, 3.8) is 0 Å². The van der Waals surface area contributed by atoms with E-state index in [-0.39, 0.29) is 18.6 Å².